The quantitative estimate of drug-likeness (QED) is 0.702. The lowest BCUT2D eigenvalue weighted by Gasteiger charge is -2.27. The van der Waals surface area contributed by atoms with Crippen molar-refractivity contribution in [2.45, 2.75) is 19.9 Å². The molecule has 0 bridgehead atoms. The zero-order valence-corrected chi connectivity index (χ0v) is 14.9. The van der Waals surface area contributed by atoms with Crippen LogP contribution in [0.3, 0.4) is 0 Å². The molecular formula is C19H19N3O5. The number of hydrogen-bond donors (Lipinski definition) is 3. The standard InChI is InChI=1S/C19H19N3O5/c1-3-26-18(24)12-6-8-13(9-7-12)21-17(23)15-11(2)20-19(25)22-16(15)14-5-4-10-27-14/h4-10,16H,3H2,1-2H3,(H,21,23)(H2,20,22,25)/t16-/m0/s1. The molecule has 0 saturated heterocycles. The summed E-state index contributed by atoms with van der Waals surface area (Å²) < 4.78 is 10.3. The number of urea groups is 1. The number of benzene rings is 1. The van der Waals surface area contributed by atoms with Crippen molar-refractivity contribution in [2.24, 2.45) is 0 Å². The predicted molar refractivity (Wildman–Crippen MR) is 96.8 cm³/mol. The summed E-state index contributed by atoms with van der Waals surface area (Å²) in [7, 11) is 0. The summed E-state index contributed by atoms with van der Waals surface area (Å²) in [6.45, 7) is 3.67. The number of allylic oxidation sites excluding steroid dienone is 1. The van der Waals surface area contributed by atoms with Gasteiger partial charge in [-0.3, -0.25) is 4.79 Å². The molecule has 0 spiro atoms. The fraction of sp³-hybridized carbons (Fsp3) is 0.211. The first kappa shape index (κ1) is 18.2. The molecule has 0 unspecified atom stereocenters. The number of anilines is 1. The minimum atomic E-state index is -0.701. The molecule has 0 saturated carbocycles. The van der Waals surface area contributed by atoms with Crippen molar-refractivity contribution < 1.29 is 23.5 Å². The maximum Gasteiger partial charge on any atom is 0.338 e. The minimum absolute atomic E-state index is 0.289. The van der Waals surface area contributed by atoms with Crippen molar-refractivity contribution in [3.05, 3.63) is 65.3 Å². The van der Waals surface area contributed by atoms with Gasteiger partial charge in [-0.2, -0.15) is 0 Å². The molecule has 0 fully saturated rings. The maximum atomic E-state index is 12.8. The third kappa shape index (κ3) is 4.00. The van der Waals surface area contributed by atoms with Gasteiger partial charge in [-0.25, -0.2) is 9.59 Å². The van der Waals surface area contributed by atoms with E-state index in [0.29, 0.717) is 28.3 Å². The Morgan fingerprint density at radius 2 is 1.96 bits per heavy atom. The highest BCUT2D eigenvalue weighted by Crippen LogP contribution is 2.28. The smallest absolute Gasteiger partial charge is 0.338 e. The topological polar surface area (TPSA) is 110 Å². The normalized spacial score (nSPS) is 16.4. The Morgan fingerprint density at radius 3 is 2.59 bits per heavy atom. The van der Waals surface area contributed by atoms with Crippen molar-refractivity contribution in [1.82, 2.24) is 10.6 Å². The van der Waals surface area contributed by atoms with Crippen molar-refractivity contribution in [2.75, 3.05) is 11.9 Å². The molecule has 1 aromatic heterocycles. The van der Waals surface area contributed by atoms with Crippen LogP contribution < -0.4 is 16.0 Å². The Balaban J connectivity index is 1.80. The van der Waals surface area contributed by atoms with Crippen molar-refractivity contribution in [3.8, 4) is 0 Å². The molecule has 8 heteroatoms. The van der Waals surface area contributed by atoms with Gasteiger partial charge in [0, 0.05) is 11.4 Å². The lowest BCUT2D eigenvalue weighted by atomic mass is 9.99. The van der Waals surface area contributed by atoms with Gasteiger partial charge in [-0.1, -0.05) is 0 Å². The Labute approximate surface area is 155 Å². The number of amides is 3. The van der Waals surface area contributed by atoms with E-state index in [4.69, 9.17) is 9.15 Å². The number of carbonyl (C=O) groups is 3. The second-order valence-corrected chi connectivity index (χ2v) is 5.84. The predicted octanol–water partition coefficient (Wildman–Crippen LogP) is 2.72. The molecule has 1 aliphatic heterocycles. The summed E-state index contributed by atoms with van der Waals surface area (Å²) in [5, 5.41) is 8.04. The van der Waals surface area contributed by atoms with Crippen LogP contribution in [0.5, 0.6) is 0 Å². The number of hydrogen-bond acceptors (Lipinski definition) is 5. The molecule has 1 atom stereocenters. The van der Waals surface area contributed by atoms with E-state index < -0.39 is 23.9 Å². The molecule has 1 aliphatic rings. The molecular weight excluding hydrogens is 350 g/mol. The molecule has 0 aliphatic carbocycles. The summed E-state index contributed by atoms with van der Waals surface area (Å²) in [5.74, 6) is -0.372. The van der Waals surface area contributed by atoms with E-state index in [0.717, 1.165) is 0 Å². The van der Waals surface area contributed by atoms with E-state index in [1.807, 2.05) is 0 Å². The maximum absolute atomic E-state index is 12.8. The summed E-state index contributed by atoms with van der Waals surface area (Å²) >= 11 is 0. The van der Waals surface area contributed by atoms with Crippen molar-refractivity contribution in [3.63, 3.8) is 0 Å². The zero-order chi connectivity index (χ0) is 19.4. The molecule has 2 heterocycles. The lowest BCUT2D eigenvalue weighted by molar-refractivity contribution is -0.113. The lowest BCUT2D eigenvalue weighted by Crippen LogP contribution is -2.45. The summed E-state index contributed by atoms with van der Waals surface area (Å²) in [5.41, 5.74) is 1.66. The molecule has 0 radical (unpaired) electrons. The molecule has 2 aromatic rings. The summed E-state index contributed by atoms with van der Waals surface area (Å²) in [4.78, 5) is 36.3. The third-order valence-electron chi connectivity index (χ3n) is 4.00. The van der Waals surface area contributed by atoms with Crippen molar-refractivity contribution >= 4 is 23.6 Å². The molecule has 3 rings (SSSR count). The summed E-state index contributed by atoms with van der Waals surface area (Å²) in [6, 6.07) is 8.61. The van der Waals surface area contributed by atoms with Crippen LogP contribution >= 0.6 is 0 Å². The van der Waals surface area contributed by atoms with Crippen LogP contribution in [0.4, 0.5) is 10.5 Å². The first-order chi connectivity index (χ1) is 13.0. The van der Waals surface area contributed by atoms with Gasteiger partial charge >= 0.3 is 12.0 Å². The monoisotopic (exact) mass is 369 g/mol. The zero-order valence-electron chi connectivity index (χ0n) is 14.9. The van der Waals surface area contributed by atoms with Gasteiger partial charge in [0.15, 0.2) is 0 Å². The van der Waals surface area contributed by atoms with Crippen LogP contribution in [-0.2, 0) is 9.53 Å². The fourth-order valence-corrected chi connectivity index (χ4v) is 2.77. The van der Waals surface area contributed by atoms with E-state index in [9.17, 15) is 14.4 Å². The van der Waals surface area contributed by atoms with Gasteiger partial charge in [0.05, 0.1) is 24.0 Å². The highest BCUT2D eigenvalue weighted by molar-refractivity contribution is 6.06. The van der Waals surface area contributed by atoms with Crippen LogP contribution in [0.25, 0.3) is 0 Å². The largest absolute Gasteiger partial charge is 0.467 e. The highest BCUT2D eigenvalue weighted by atomic mass is 16.5. The van der Waals surface area contributed by atoms with E-state index in [2.05, 4.69) is 16.0 Å². The Morgan fingerprint density at radius 1 is 1.22 bits per heavy atom. The first-order valence-corrected chi connectivity index (χ1v) is 8.39. The van der Waals surface area contributed by atoms with Gasteiger partial charge < -0.3 is 25.1 Å². The number of nitrogens with one attached hydrogen (secondary N) is 3. The number of ether oxygens (including phenoxy) is 1. The number of carbonyl (C=O) groups excluding carboxylic acids is 3. The van der Waals surface area contributed by atoms with Gasteiger partial charge in [0.25, 0.3) is 5.91 Å². The molecule has 1 aromatic carbocycles. The molecule has 3 amide bonds. The number of furan rings is 1. The second kappa shape index (κ2) is 7.77. The van der Waals surface area contributed by atoms with E-state index in [1.54, 1.807) is 50.2 Å². The Kier molecular flexibility index (Phi) is 5.25. The highest BCUT2D eigenvalue weighted by Gasteiger charge is 2.32. The van der Waals surface area contributed by atoms with Gasteiger partial charge in [0.2, 0.25) is 0 Å². The van der Waals surface area contributed by atoms with Gasteiger partial charge in [-0.05, 0) is 50.2 Å². The molecule has 3 N–H and O–H groups in total. The molecule has 140 valence electrons. The van der Waals surface area contributed by atoms with Crippen LogP contribution in [0.1, 0.15) is 36.0 Å². The van der Waals surface area contributed by atoms with Gasteiger partial charge in [0.1, 0.15) is 11.8 Å². The van der Waals surface area contributed by atoms with E-state index in [-0.39, 0.29) is 6.61 Å². The summed E-state index contributed by atoms with van der Waals surface area (Å²) in [6.07, 6.45) is 1.47. The SMILES string of the molecule is CCOC(=O)c1ccc(NC(=O)C2=C(C)NC(=O)N[C@H]2c2ccco2)cc1. The minimum Gasteiger partial charge on any atom is -0.467 e. The number of esters is 1. The van der Waals surface area contributed by atoms with Crippen LogP contribution in [0, 0.1) is 0 Å². The van der Waals surface area contributed by atoms with Crippen LogP contribution in [-0.4, -0.2) is 24.5 Å². The van der Waals surface area contributed by atoms with E-state index in [1.165, 1.54) is 6.26 Å². The molecule has 27 heavy (non-hydrogen) atoms. The van der Waals surface area contributed by atoms with Crippen molar-refractivity contribution in [1.29, 1.82) is 0 Å². The molecule has 8 nitrogen and oxygen atoms in total. The van der Waals surface area contributed by atoms with Gasteiger partial charge in [-0.15, -0.1) is 0 Å². The van der Waals surface area contributed by atoms with Crippen LogP contribution in [0.2, 0.25) is 0 Å². The number of rotatable bonds is 5. The average molecular weight is 369 g/mol. The van der Waals surface area contributed by atoms with E-state index >= 15 is 0 Å². The Bertz CT molecular complexity index is 885. The van der Waals surface area contributed by atoms with Crippen LogP contribution in [0.15, 0.2) is 58.3 Å². The Hall–Kier alpha value is -3.55. The second-order valence-electron chi connectivity index (χ2n) is 5.84. The fourth-order valence-electron chi connectivity index (χ4n) is 2.77. The third-order valence-corrected chi connectivity index (χ3v) is 4.00. The first-order valence-electron chi connectivity index (χ1n) is 8.39. The average Bonchev–Trinajstić information content (AvgIpc) is 3.16.